The average Bonchev–Trinajstić information content (AvgIpc) is 2.72. The van der Waals surface area contributed by atoms with Crippen molar-refractivity contribution in [3.8, 4) is 5.75 Å². The summed E-state index contributed by atoms with van der Waals surface area (Å²) in [4.78, 5) is 35.4. The van der Waals surface area contributed by atoms with Gasteiger partial charge in [0.1, 0.15) is 11.3 Å². The van der Waals surface area contributed by atoms with Gasteiger partial charge >= 0.3 is 5.97 Å². The van der Waals surface area contributed by atoms with Crippen LogP contribution in [0.2, 0.25) is 0 Å². The van der Waals surface area contributed by atoms with Crippen LogP contribution in [0.3, 0.4) is 0 Å². The van der Waals surface area contributed by atoms with Gasteiger partial charge in [-0.25, -0.2) is 4.79 Å². The van der Waals surface area contributed by atoms with E-state index in [-0.39, 0.29) is 22.9 Å². The lowest BCUT2D eigenvalue weighted by Gasteiger charge is -2.18. The molecule has 0 bridgehead atoms. The molecule has 2 aromatic carbocycles. The Kier molecular flexibility index (Phi) is 7.30. The fraction of sp³-hybridized carbons (Fsp3) is 0.333. The number of anilines is 1. The summed E-state index contributed by atoms with van der Waals surface area (Å²) in [5, 5.41) is 13.8. The van der Waals surface area contributed by atoms with Crippen LogP contribution in [0, 0.1) is 10.1 Å². The molecule has 1 N–H and O–H groups in total. The molecule has 154 valence electrons. The number of nitrogens with zero attached hydrogens (tertiary/aromatic N) is 1. The maximum Gasteiger partial charge on any atom is 0.342 e. The molecule has 0 aromatic heterocycles. The molecule has 0 aliphatic rings. The number of hydrogen-bond donors (Lipinski definition) is 1. The molecule has 8 heteroatoms. The van der Waals surface area contributed by atoms with E-state index in [4.69, 9.17) is 9.47 Å². The molecule has 2 aromatic rings. The predicted octanol–water partition coefficient (Wildman–Crippen LogP) is 4.30. The minimum Gasteiger partial charge on any atom is -0.496 e. The highest BCUT2D eigenvalue weighted by atomic mass is 16.6. The number of para-hydroxylation sites is 1. The van der Waals surface area contributed by atoms with Crippen LogP contribution in [-0.2, 0) is 9.53 Å². The van der Waals surface area contributed by atoms with E-state index in [1.807, 2.05) is 18.2 Å². The maximum absolute atomic E-state index is 12.5. The summed E-state index contributed by atoms with van der Waals surface area (Å²) in [6.45, 7) is 5.55. The van der Waals surface area contributed by atoms with Crippen LogP contribution in [0.4, 0.5) is 11.4 Å². The topological polar surface area (TPSA) is 108 Å². The number of amides is 1. The van der Waals surface area contributed by atoms with Gasteiger partial charge in [-0.2, -0.15) is 0 Å². The lowest BCUT2D eigenvalue weighted by atomic mass is 9.97. The number of carbonyl (C=O) groups is 2. The van der Waals surface area contributed by atoms with Gasteiger partial charge in [0.05, 0.1) is 12.0 Å². The second kappa shape index (κ2) is 9.68. The van der Waals surface area contributed by atoms with E-state index < -0.39 is 22.9 Å². The number of esters is 1. The number of nitro benzene ring substituents is 1. The Morgan fingerprint density at radius 1 is 1.17 bits per heavy atom. The van der Waals surface area contributed by atoms with Crippen molar-refractivity contribution in [1.82, 2.24) is 0 Å². The SMILES string of the molecule is CC[C@H](C)c1ccccc1NC(=O)[C@H](C)OC(=O)c1cc([N+](=O)[O-])ccc1OC. The first-order chi connectivity index (χ1) is 13.8. The molecule has 29 heavy (non-hydrogen) atoms. The molecule has 0 fully saturated rings. The standard InChI is InChI=1S/C21H24N2O6/c1-5-13(2)16-8-6-7-9-18(16)22-20(24)14(3)29-21(25)17-12-15(23(26)27)10-11-19(17)28-4/h6-14H,5H2,1-4H3,(H,22,24)/t13-,14-/m0/s1. The summed E-state index contributed by atoms with van der Waals surface area (Å²) >= 11 is 0. The summed E-state index contributed by atoms with van der Waals surface area (Å²) in [5.74, 6) is -1.02. The zero-order valence-electron chi connectivity index (χ0n) is 16.8. The number of methoxy groups -OCH3 is 1. The second-order valence-corrected chi connectivity index (χ2v) is 6.58. The highest BCUT2D eigenvalue weighted by Gasteiger charge is 2.24. The molecule has 0 radical (unpaired) electrons. The minimum absolute atomic E-state index is 0.121. The summed E-state index contributed by atoms with van der Waals surface area (Å²) in [6, 6.07) is 11.0. The Bertz CT molecular complexity index is 912. The Labute approximate surface area is 169 Å². The molecule has 0 heterocycles. The lowest BCUT2D eigenvalue weighted by Crippen LogP contribution is -2.30. The number of benzene rings is 2. The van der Waals surface area contributed by atoms with Gasteiger partial charge in [0.2, 0.25) is 0 Å². The number of rotatable bonds is 8. The average molecular weight is 400 g/mol. The molecule has 8 nitrogen and oxygen atoms in total. The van der Waals surface area contributed by atoms with Gasteiger partial charge in [-0.1, -0.05) is 32.0 Å². The molecule has 0 aliphatic carbocycles. The summed E-state index contributed by atoms with van der Waals surface area (Å²) in [5.41, 5.74) is 1.24. The Morgan fingerprint density at radius 3 is 2.48 bits per heavy atom. The van der Waals surface area contributed by atoms with Crippen molar-refractivity contribution in [2.45, 2.75) is 39.2 Å². The molecule has 2 rings (SSSR count). The third kappa shape index (κ3) is 5.31. The number of ether oxygens (including phenoxy) is 2. The highest BCUT2D eigenvalue weighted by molar-refractivity contribution is 5.99. The number of non-ortho nitro benzene ring substituents is 1. The molecule has 0 saturated heterocycles. The van der Waals surface area contributed by atoms with Crippen LogP contribution in [-0.4, -0.2) is 30.0 Å². The molecule has 0 saturated carbocycles. The first-order valence-corrected chi connectivity index (χ1v) is 9.21. The Balaban J connectivity index is 2.15. The van der Waals surface area contributed by atoms with E-state index in [1.54, 1.807) is 6.07 Å². The zero-order valence-corrected chi connectivity index (χ0v) is 16.8. The fourth-order valence-corrected chi connectivity index (χ4v) is 2.74. The van der Waals surface area contributed by atoms with Crippen molar-refractivity contribution in [3.63, 3.8) is 0 Å². The quantitative estimate of drug-likeness (QED) is 0.402. The molecule has 0 spiro atoms. The summed E-state index contributed by atoms with van der Waals surface area (Å²) in [7, 11) is 1.33. The summed E-state index contributed by atoms with van der Waals surface area (Å²) < 4.78 is 10.3. The zero-order chi connectivity index (χ0) is 21.6. The predicted molar refractivity (Wildman–Crippen MR) is 108 cm³/mol. The first kappa shape index (κ1) is 21.9. The molecule has 0 aliphatic heterocycles. The van der Waals surface area contributed by atoms with Gasteiger partial charge < -0.3 is 14.8 Å². The first-order valence-electron chi connectivity index (χ1n) is 9.21. The van der Waals surface area contributed by atoms with E-state index in [0.29, 0.717) is 5.69 Å². The highest BCUT2D eigenvalue weighted by Crippen LogP contribution is 2.27. The third-order valence-electron chi connectivity index (χ3n) is 4.63. The van der Waals surface area contributed by atoms with Crippen molar-refractivity contribution >= 4 is 23.3 Å². The normalized spacial score (nSPS) is 12.6. The molecule has 0 unspecified atom stereocenters. The van der Waals surface area contributed by atoms with Crippen molar-refractivity contribution in [1.29, 1.82) is 0 Å². The van der Waals surface area contributed by atoms with Crippen molar-refractivity contribution in [2.75, 3.05) is 12.4 Å². The Morgan fingerprint density at radius 2 is 1.86 bits per heavy atom. The molecular weight excluding hydrogens is 376 g/mol. The van der Waals surface area contributed by atoms with Crippen molar-refractivity contribution in [3.05, 3.63) is 63.7 Å². The number of nitrogens with one attached hydrogen (secondary N) is 1. The second-order valence-electron chi connectivity index (χ2n) is 6.58. The van der Waals surface area contributed by atoms with E-state index in [9.17, 15) is 19.7 Å². The van der Waals surface area contributed by atoms with Crippen LogP contribution < -0.4 is 10.1 Å². The van der Waals surface area contributed by atoms with Crippen molar-refractivity contribution in [2.24, 2.45) is 0 Å². The van der Waals surface area contributed by atoms with Crippen LogP contribution in [0.5, 0.6) is 5.75 Å². The fourth-order valence-electron chi connectivity index (χ4n) is 2.74. The van der Waals surface area contributed by atoms with Crippen molar-refractivity contribution < 1.29 is 24.0 Å². The van der Waals surface area contributed by atoms with E-state index in [0.717, 1.165) is 18.1 Å². The van der Waals surface area contributed by atoms with Gasteiger partial charge in [0.25, 0.3) is 11.6 Å². The number of nitro groups is 1. The molecular formula is C21H24N2O6. The summed E-state index contributed by atoms with van der Waals surface area (Å²) in [6.07, 6.45) is -0.208. The van der Waals surface area contributed by atoms with Gasteiger partial charge in [0, 0.05) is 17.8 Å². The molecule has 2 atom stereocenters. The van der Waals surface area contributed by atoms with Gasteiger partial charge in [0.15, 0.2) is 6.10 Å². The van der Waals surface area contributed by atoms with Crippen LogP contribution in [0.15, 0.2) is 42.5 Å². The van der Waals surface area contributed by atoms with Crippen LogP contribution >= 0.6 is 0 Å². The molecule has 1 amide bonds. The van der Waals surface area contributed by atoms with Gasteiger partial charge in [-0.15, -0.1) is 0 Å². The third-order valence-corrected chi connectivity index (χ3v) is 4.63. The monoisotopic (exact) mass is 400 g/mol. The maximum atomic E-state index is 12.5. The smallest absolute Gasteiger partial charge is 0.342 e. The van der Waals surface area contributed by atoms with Crippen LogP contribution in [0.25, 0.3) is 0 Å². The number of carbonyl (C=O) groups excluding carboxylic acids is 2. The number of hydrogen-bond acceptors (Lipinski definition) is 6. The van der Waals surface area contributed by atoms with E-state index >= 15 is 0 Å². The van der Waals surface area contributed by atoms with Crippen LogP contribution in [0.1, 0.15) is 49.0 Å². The van der Waals surface area contributed by atoms with Gasteiger partial charge in [-0.05, 0) is 37.0 Å². The largest absolute Gasteiger partial charge is 0.496 e. The lowest BCUT2D eigenvalue weighted by molar-refractivity contribution is -0.384. The minimum atomic E-state index is -1.11. The Hall–Kier alpha value is -3.42. The van der Waals surface area contributed by atoms with E-state index in [2.05, 4.69) is 19.2 Å². The van der Waals surface area contributed by atoms with Gasteiger partial charge in [-0.3, -0.25) is 14.9 Å². The van der Waals surface area contributed by atoms with E-state index in [1.165, 1.54) is 26.2 Å².